The second-order valence-electron chi connectivity index (χ2n) is 7.49. The minimum absolute atomic E-state index is 0.544. The first-order valence-corrected chi connectivity index (χ1v) is 11.7. The molecule has 0 aromatic carbocycles. The summed E-state index contributed by atoms with van der Waals surface area (Å²) in [6, 6.07) is 13.0. The predicted molar refractivity (Wildman–Crippen MR) is 121 cm³/mol. The molecule has 28 heavy (non-hydrogen) atoms. The van der Waals surface area contributed by atoms with E-state index in [1.54, 1.807) is 32.1 Å². The number of nitrogens with one attached hydrogen (secondary N) is 1. The number of thiophene rings is 3. The first-order valence-electron chi connectivity index (χ1n) is 9.21. The predicted octanol–water partition coefficient (Wildman–Crippen LogP) is 4.74. The first kappa shape index (κ1) is 21.2. The monoisotopic (exact) mass is 434 g/mol. The van der Waals surface area contributed by atoms with Gasteiger partial charge in [-0.05, 0) is 75.9 Å². The first-order chi connectivity index (χ1) is 13.2. The van der Waals surface area contributed by atoms with Crippen LogP contribution in [0.15, 0.2) is 41.8 Å². The molecule has 3 aromatic rings. The van der Waals surface area contributed by atoms with Gasteiger partial charge in [-0.25, -0.2) is 0 Å². The molecule has 4 N–H and O–H groups in total. The lowest BCUT2D eigenvalue weighted by Gasteiger charge is -2.38. The summed E-state index contributed by atoms with van der Waals surface area (Å²) in [4.78, 5) is 18.3. The summed E-state index contributed by atoms with van der Waals surface area (Å²) in [5.41, 5.74) is 3.12. The summed E-state index contributed by atoms with van der Waals surface area (Å²) < 4.78 is 0. The zero-order valence-corrected chi connectivity index (χ0v) is 18.8. The minimum atomic E-state index is -1.23. The summed E-state index contributed by atoms with van der Waals surface area (Å²) in [6.07, 6.45) is 1.78. The third-order valence-corrected chi connectivity index (χ3v) is 8.56. The molecule has 0 spiro atoms. The van der Waals surface area contributed by atoms with Crippen molar-refractivity contribution in [2.24, 2.45) is 5.73 Å². The van der Waals surface area contributed by atoms with Crippen LogP contribution in [0.2, 0.25) is 0 Å². The number of hydrogen-bond acceptors (Lipinski definition) is 6. The van der Waals surface area contributed by atoms with Crippen LogP contribution in [-0.2, 0) is 11.2 Å². The van der Waals surface area contributed by atoms with Gasteiger partial charge in [-0.2, -0.15) is 0 Å². The molecule has 7 heteroatoms. The van der Waals surface area contributed by atoms with Crippen LogP contribution in [0.25, 0.3) is 19.5 Å². The molecule has 3 rings (SSSR count). The Kier molecular flexibility index (Phi) is 6.41. The quantitative estimate of drug-likeness (QED) is 0.426. The molecule has 3 heterocycles. The van der Waals surface area contributed by atoms with Crippen molar-refractivity contribution >= 4 is 39.9 Å². The average Bonchev–Trinajstić information content (AvgIpc) is 3.37. The van der Waals surface area contributed by atoms with Gasteiger partial charge in [0.05, 0.1) is 5.60 Å². The molecule has 150 valence electrons. The van der Waals surface area contributed by atoms with Crippen molar-refractivity contribution in [3.63, 3.8) is 0 Å². The van der Waals surface area contributed by atoms with E-state index >= 15 is 0 Å². The molecule has 1 atom stereocenters. The molecule has 0 aliphatic rings. The van der Waals surface area contributed by atoms with Gasteiger partial charge in [0.2, 0.25) is 5.91 Å². The molecule has 0 saturated heterocycles. The number of carbonyl (C=O) groups excluding carboxylic acids is 1. The molecular weight excluding hydrogens is 408 g/mol. The second-order valence-corrected chi connectivity index (χ2v) is 10.7. The summed E-state index contributed by atoms with van der Waals surface area (Å²) in [5, 5.41) is 15.5. The maximum Gasteiger partial charge on any atom is 0.240 e. The van der Waals surface area contributed by atoms with Crippen molar-refractivity contribution in [2.45, 2.75) is 44.8 Å². The number of nitrogens with two attached hydrogens (primary N) is 1. The van der Waals surface area contributed by atoms with Crippen LogP contribution in [0.4, 0.5) is 0 Å². The van der Waals surface area contributed by atoms with Gasteiger partial charge in [0.1, 0.15) is 5.54 Å². The zero-order valence-electron chi connectivity index (χ0n) is 16.3. The van der Waals surface area contributed by atoms with Gasteiger partial charge < -0.3 is 16.2 Å². The Hall–Kier alpha value is -1.51. The number of hydrogen-bond donors (Lipinski definition) is 3. The van der Waals surface area contributed by atoms with Crippen LogP contribution >= 0.6 is 34.0 Å². The van der Waals surface area contributed by atoms with E-state index in [1.165, 1.54) is 24.4 Å². The molecule has 1 unspecified atom stereocenters. The highest BCUT2D eigenvalue weighted by Gasteiger charge is 2.44. The molecule has 0 aliphatic heterocycles. The van der Waals surface area contributed by atoms with Crippen molar-refractivity contribution in [1.82, 2.24) is 5.32 Å². The van der Waals surface area contributed by atoms with Gasteiger partial charge in [-0.1, -0.05) is 6.07 Å². The van der Waals surface area contributed by atoms with E-state index < -0.39 is 17.0 Å². The summed E-state index contributed by atoms with van der Waals surface area (Å²) in [7, 11) is 0. The number of aryl methyl sites for hydroxylation is 1. The van der Waals surface area contributed by atoms with Gasteiger partial charge in [-0.3, -0.25) is 4.79 Å². The highest BCUT2D eigenvalue weighted by molar-refractivity contribution is 7.26. The molecule has 0 saturated carbocycles. The lowest BCUT2D eigenvalue weighted by Crippen LogP contribution is -2.65. The lowest BCUT2D eigenvalue weighted by atomic mass is 9.83. The van der Waals surface area contributed by atoms with Crippen molar-refractivity contribution in [1.29, 1.82) is 0 Å². The Balaban J connectivity index is 1.56. The normalized spacial score (nSPS) is 14.1. The maximum atomic E-state index is 11.8. The fourth-order valence-corrected chi connectivity index (χ4v) is 5.85. The second kappa shape index (κ2) is 8.47. The fraction of sp³-hybridized carbons (Fsp3) is 0.381. The van der Waals surface area contributed by atoms with Gasteiger partial charge in [0.15, 0.2) is 0 Å². The summed E-state index contributed by atoms with van der Waals surface area (Å²) >= 11 is 5.40. The van der Waals surface area contributed by atoms with Gasteiger partial charge in [-0.15, -0.1) is 34.0 Å². The average molecular weight is 435 g/mol. The number of amides is 1. The van der Waals surface area contributed by atoms with E-state index in [1.807, 2.05) is 22.7 Å². The number of carbonyl (C=O) groups is 1. The van der Waals surface area contributed by atoms with E-state index in [-0.39, 0.29) is 0 Å². The van der Waals surface area contributed by atoms with Gasteiger partial charge in [0, 0.05) is 24.4 Å². The van der Waals surface area contributed by atoms with Crippen molar-refractivity contribution in [3.05, 3.63) is 46.7 Å². The van der Waals surface area contributed by atoms with E-state index in [9.17, 15) is 9.90 Å². The number of primary amides is 1. The van der Waals surface area contributed by atoms with Crippen LogP contribution in [0, 0.1) is 0 Å². The third-order valence-electron chi connectivity index (χ3n) is 5.07. The van der Waals surface area contributed by atoms with Crippen molar-refractivity contribution < 1.29 is 9.90 Å². The molecule has 0 bridgehead atoms. The Morgan fingerprint density at radius 1 is 1.04 bits per heavy atom. The molecular formula is C21H26N2O2S3. The highest BCUT2D eigenvalue weighted by atomic mass is 32.1. The Bertz CT molecular complexity index is 922. The van der Waals surface area contributed by atoms with Crippen LogP contribution < -0.4 is 11.1 Å². The minimum Gasteiger partial charge on any atom is -0.388 e. The Morgan fingerprint density at radius 3 is 2.29 bits per heavy atom. The van der Waals surface area contributed by atoms with Crippen LogP contribution in [-0.4, -0.2) is 28.7 Å². The molecule has 4 nitrogen and oxygen atoms in total. The van der Waals surface area contributed by atoms with Crippen molar-refractivity contribution in [3.8, 4) is 19.5 Å². The summed E-state index contributed by atoms with van der Waals surface area (Å²) in [6.45, 7) is 5.46. The van der Waals surface area contributed by atoms with Crippen molar-refractivity contribution in [2.75, 3.05) is 6.54 Å². The van der Waals surface area contributed by atoms with Crippen LogP contribution in [0.5, 0.6) is 0 Å². The number of rotatable bonds is 9. The van der Waals surface area contributed by atoms with Gasteiger partial charge in [0.25, 0.3) is 0 Å². The Labute approximate surface area is 178 Å². The van der Waals surface area contributed by atoms with E-state index in [0.29, 0.717) is 6.54 Å². The third kappa shape index (κ3) is 4.55. The Morgan fingerprint density at radius 2 is 1.68 bits per heavy atom. The van der Waals surface area contributed by atoms with E-state index in [0.717, 1.165) is 12.8 Å². The SMILES string of the molecule is CC(C)(O)C(C)(NCCCc1ccc(-c2ccc(-c3cccs3)s2)s1)C(N)=O. The van der Waals surface area contributed by atoms with Gasteiger partial charge >= 0.3 is 0 Å². The zero-order chi connectivity index (χ0) is 20.4. The van der Waals surface area contributed by atoms with E-state index in [2.05, 4.69) is 47.1 Å². The standard InChI is InChI=1S/C21H26N2O2S3/c1-20(2,25)21(3,19(22)24)23-12-4-6-14-8-9-17(27-14)18-11-10-16(28-18)15-7-5-13-26-15/h5,7-11,13,23,25H,4,6,12H2,1-3H3,(H2,22,24). The molecule has 0 aliphatic carbocycles. The maximum absolute atomic E-state index is 11.8. The lowest BCUT2D eigenvalue weighted by molar-refractivity contribution is -0.133. The molecule has 0 radical (unpaired) electrons. The molecule has 0 fully saturated rings. The van der Waals surface area contributed by atoms with E-state index in [4.69, 9.17) is 5.73 Å². The smallest absolute Gasteiger partial charge is 0.240 e. The van der Waals surface area contributed by atoms with Crippen LogP contribution in [0.3, 0.4) is 0 Å². The van der Waals surface area contributed by atoms with Crippen LogP contribution in [0.1, 0.15) is 32.1 Å². The number of aliphatic hydroxyl groups is 1. The molecule has 1 amide bonds. The topological polar surface area (TPSA) is 75.3 Å². The summed E-state index contributed by atoms with van der Waals surface area (Å²) in [5.74, 6) is -0.544. The fourth-order valence-electron chi connectivity index (χ4n) is 2.87. The molecule has 3 aromatic heterocycles. The largest absolute Gasteiger partial charge is 0.388 e. The highest BCUT2D eigenvalue weighted by Crippen LogP contribution is 2.39.